The number of benzene rings is 1. The summed E-state index contributed by atoms with van der Waals surface area (Å²) < 4.78 is 0. The first kappa shape index (κ1) is 13.3. The zero-order valence-corrected chi connectivity index (χ0v) is 12.3. The standard InChI is InChI=1S/C17H24O/c1-12(18)13-6-7-14-9-16(2,3)11-17(4,5)10-15(14)8-13/h6-8H,9-11H2,1-5H3. The van der Waals surface area contributed by atoms with Crippen molar-refractivity contribution in [3.63, 3.8) is 0 Å². The van der Waals surface area contributed by atoms with Crippen molar-refractivity contribution in [2.24, 2.45) is 10.8 Å². The van der Waals surface area contributed by atoms with E-state index in [2.05, 4.69) is 39.8 Å². The second-order valence-electron chi connectivity index (χ2n) is 7.40. The topological polar surface area (TPSA) is 17.1 Å². The van der Waals surface area contributed by atoms with E-state index in [9.17, 15) is 4.79 Å². The van der Waals surface area contributed by atoms with Crippen molar-refractivity contribution in [2.45, 2.75) is 53.9 Å². The third-order valence-electron chi connectivity index (χ3n) is 3.91. The van der Waals surface area contributed by atoms with Crippen LogP contribution in [0.5, 0.6) is 0 Å². The minimum Gasteiger partial charge on any atom is -0.295 e. The summed E-state index contributed by atoms with van der Waals surface area (Å²) in [6, 6.07) is 6.26. The van der Waals surface area contributed by atoms with E-state index in [1.165, 1.54) is 17.5 Å². The molecule has 0 unspecified atom stereocenters. The maximum absolute atomic E-state index is 11.5. The van der Waals surface area contributed by atoms with Gasteiger partial charge in [-0.25, -0.2) is 0 Å². The molecule has 0 bridgehead atoms. The summed E-state index contributed by atoms with van der Waals surface area (Å²) in [4.78, 5) is 11.5. The van der Waals surface area contributed by atoms with Crippen LogP contribution in [0.15, 0.2) is 18.2 Å². The van der Waals surface area contributed by atoms with Gasteiger partial charge in [0.1, 0.15) is 0 Å². The number of carbonyl (C=O) groups excluding carboxylic acids is 1. The van der Waals surface area contributed by atoms with E-state index in [1.807, 2.05) is 6.07 Å². The molecule has 1 aromatic rings. The fourth-order valence-electron chi connectivity index (χ4n) is 3.63. The maximum atomic E-state index is 11.5. The number of hydrogen-bond acceptors (Lipinski definition) is 1. The number of fused-ring (bicyclic) bond motifs is 1. The number of rotatable bonds is 1. The van der Waals surface area contributed by atoms with E-state index < -0.39 is 0 Å². The Labute approximate surface area is 111 Å². The van der Waals surface area contributed by atoms with Gasteiger partial charge in [0.05, 0.1) is 0 Å². The van der Waals surface area contributed by atoms with E-state index in [-0.39, 0.29) is 5.78 Å². The second-order valence-corrected chi connectivity index (χ2v) is 7.40. The van der Waals surface area contributed by atoms with Gasteiger partial charge < -0.3 is 0 Å². The van der Waals surface area contributed by atoms with Gasteiger partial charge in [0.25, 0.3) is 0 Å². The summed E-state index contributed by atoms with van der Waals surface area (Å²) in [7, 11) is 0. The lowest BCUT2D eigenvalue weighted by Crippen LogP contribution is -2.23. The fourth-order valence-corrected chi connectivity index (χ4v) is 3.63. The quantitative estimate of drug-likeness (QED) is 0.527. The smallest absolute Gasteiger partial charge is 0.159 e. The van der Waals surface area contributed by atoms with Crippen LogP contribution in [0.2, 0.25) is 0 Å². The fraction of sp³-hybridized carbons (Fsp3) is 0.588. The summed E-state index contributed by atoms with van der Waals surface area (Å²) >= 11 is 0. The maximum Gasteiger partial charge on any atom is 0.159 e. The highest BCUT2D eigenvalue weighted by Crippen LogP contribution is 2.42. The lowest BCUT2D eigenvalue weighted by atomic mass is 9.73. The van der Waals surface area contributed by atoms with Crippen LogP contribution >= 0.6 is 0 Å². The molecule has 1 heteroatoms. The van der Waals surface area contributed by atoms with Gasteiger partial charge in [-0.3, -0.25) is 4.79 Å². The molecule has 98 valence electrons. The molecule has 0 saturated heterocycles. The highest BCUT2D eigenvalue weighted by Gasteiger charge is 2.33. The molecule has 1 aliphatic rings. The van der Waals surface area contributed by atoms with Crippen LogP contribution in [0.3, 0.4) is 0 Å². The van der Waals surface area contributed by atoms with Crippen LogP contribution in [0.4, 0.5) is 0 Å². The first-order valence-corrected chi connectivity index (χ1v) is 6.81. The van der Waals surface area contributed by atoms with Crippen molar-refractivity contribution >= 4 is 5.78 Å². The van der Waals surface area contributed by atoms with Crippen molar-refractivity contribution in [1.29, 1.82) is 0 Å². The molecule has 0 aliphatic heterocycles. The zero-order chi connectivity index (χ0) is 13.6. The monoisotopic (exact) mass is 244 g/mol. The molecule has 0 fully saturated rings. The average Bonchev–Trinajstić information content (AvgIpc) is 2.25. The molecule has 0 saturated carbocycles. The largest absolute Gasteiger partial charge is 0.295 e. The summed E-state index contributed by atoms with van der Waals surface area (Å²) in [6.45, 7) is 11.0. The van der Waals surface area contributed by atoms with Gasteiger partial charge in [-0.15, -0.1) is 0 Å². The Morgan fingerprint density at radius 3 is 2.11 bits per heavy atom. The Morgan fingerprint density at radius 1 is 1.00 bits per heavy atom. The summed E-state index contributed by atoms with van der Waals surface area (Å²) in [5.41, 5.74) is 4.30. The highest BCUT2D eigenvalue weighted by molar-refractivity contribution is 5.94. The molecule has 1 aromatic carbocycles. The molecule has 1 nitrogen and oxygen atoms in total. The Bertz CT molecular complexity index is 480. The lowest BCUT2D eigenvalue weighted by Gasteiger charge is -2.31. The summed E-state index contributed by atoms with van der Waals surface area (Å²) in [6.07, 6.45) is 3.42. The molecular formula is C17H24O. The summed E-state index contributed by atoms with van der Waals surface area (Å²) in [5.74, 6) is 0.166. The van der Waals surface area contributed by atoms with Crippen LogP contribution < -0.4 is 0 Å². The number of Topliss-reactive ketones (excluding diaryl/α,β-unsaturated/α-hetero) is 1. The Kier molecular flexibility index (Phi) is 3.12. The number of hydrogen-bond donors (Lipinski definition) is 0. The molecule has 0 atom stereocenters. The molecule has 0 aromatic heterocycles. The van der Waals surface area contributed by atoms with Crippen LogP contribution in [0.1, 0.15) is 62.5 Å². The second kappa shape index (κ2) is 4.22. The van der Waals surface area contributed by atoms with E-state index in [1.54, 1.807) is 6.92 Å². The van der Waals surface area contributed by atoms with Crippen molar-refractivity contribution in [1.82, 2.24) is 0 Å². The Morgan fingerprint density at radius 2 is 1.56 bits per heavy atom. The van der Waals surface area contributed by atoms with Crippen molar-refractivity contribution in [2.75, 3.05) is 0 Å². The summed E-state index contributed by atoms with van der Waals surface area (Å²) in [5, 5.41) is 0. The van der Waals surface area contributed by atoms with Gasteiger partial charge in [0, 0.05) is 5.56 Å². The molecule has 0 radical (unpaired) electrons. The molecule has 18 heavy (non-hydrogen) atoms. The lowest BCUT2D eigenvalue weighted by molar-refractivity contribution is 0.101. The molecule has 0 heterocycles. The van der Waals surface area contributed by atoms with E-state index >= 15 is 0 Å². The Hall–Kier alpha value is -1.11. The van der Waals surface area contributed by atoms with Crippen molar-refractivity contribution in [3.05, 3.63) is 34.9 Å². The number of carbonyl (C=O) groups is 1. The highest BCUT2D eigenvalue weighted by atomic mass is 16.1. The van der Waals surface area contributed by atoms with Gasteiger partial charge in [-0.05, 0) is 54.2 Å². The molecular weight excluding hydrogens is 220 g/mol. The predicted octanol–water partition coefficient (Wildman–Crippen LogP) is 4.43. The third kappa shape index (κ3) is 2.82. The van der Waals surface area contributed by atoms with Gasteiger partial charge in [0.2, 0.25) is 0 Å². The van der Waals surface area contributed by atoms with Crippen LogP contribution in [0, 0.1) is 10.8 Å². The van der Waals surface area contributed by atoms with Gasteiger partial charge >= 0.3 is 0 Å². The molecule has 0 amide bonds. The van der Waals surface area contributed by atoms with Crippen LogP contribution in [0.25, 0.3) is 0 Å². The van der Waals surface area contributed by atoms with Crippen molar-refractivity contribution in [3.8, 4) is 0 Å². The van der Waals surface area contributed by atoms with Crippen molar-refractivity contribution < 1.29 is 4.79 Å². The van der Waals surface area contributed by atoms with Crippen LogP contribution in [-0.2, 0) is 12.8 Å². The minimum absolute atomic E-state index is 0.166. The first-order valence-electron chi connectivity index (χ1n) is 6.81. The molecule has 2 rings (SSSR count). The normalized spacial score (nSPS) is 20.9. The minimum atomic E-state index is 0.166. The van der Waals surface area contributed by atoms with Gasteiger partial charge in [-0.1, -0.05) is 39.8 Å². The van der Waals surface area contributed by atoms with Crippen LogP contribution in [-0.4, -0.2) is 5.78 Å². The number of ketones is 1. The molecule has 1 aliphatic carbocycles. The molecule has 0 N–H and O–H groups in total. The third-order valence-corrected chi connectivity index (χ3v) is 3.91. The van der Waals surface area contributed by atoms with E-state index in [4.69, 9.17) is 0 Å². The first-order chi connectivity index (χ1) is 8.19. The van der Waals surface area contributed by atoms with Gasteiger partial charge in [-0.2, -0.15) is 0 Å². The van der Waals surface area contributed by atoms with Gasteiger partial charge in [0.15, 0.2) is 5.78 Å². The zero-order valence-electron chi connectivity index (χ0n) is 12.3. The van der Waals surface area contributed by atoms with E-state index in [0.717, 1.165) is 18.4 Å². The SMILES string of the molecule is CC(=O)c1ccc2c(c1)CC(C)(C)CC(C)(C)C2. The predicted molar refractivity (Wildman–Crippen MR) is 76.0 cm³/mol. The van der Waals surface area contributed by atoms with E-state index in [0.29, 0.717) is 10.8 Å². The molecule has 0 spiro atoms. The average molecular weight is 244 g/mol. The Balaban J connectivity index is 2.48.